The number of hydrogen-bond acceptors (Lipinski definition) is 4. The summed E-state index contributed by atoms with van der Waals surface area (Å²) in [5, 5.41) is 4.49. The highest BCUT2D eigenvalue weighted by Gasteiger charge is 2.39. The largest absolute Gasteiger partial charge is 0.352 e. The van der Waals surface area contributed by atoms with Gasteiger partial charge in [-0.3, -0.25) is 9.69 Å². The SMILES string of the molecule is O=C(NC1CC1)[C@@H]1C[C@H](Sc2nc3ccccc3[nH]2)CN1Cc1ccc(-c2ccccc2)cc1. The Labute approximate surface area is 204 Å². The van der Waals surface area contributed by atoms with E-state index in [0.717, 1.165) is 48.5 Å². The molecular formula is C28H28N4OS. The summed E-state index contributed by atoms with van der Waals surface area (Å²) in [6, 6.07) is 27.6. The molecule has 1 amide bonds. The third-order valence-corrected chi connectivity index (χ3v) is 7.78. The Bertz CT molecular complexity index is 1250. The number of hydrogen-bond donors (Lipinski definition) is 2. The number of likely N-dealkylation sites (tertiary alicyclic amines) is 1. The van der Waals surface area contributed by atoms with Crippen molar-refractivity contribution in [3.8, 4) is 11.1 Å². The van der Waals surface area contributed by atoms with Gasteiger partial charge in [-0.15, -0.1) is 0 Å². The van der Waals surface area contributed by atoms with E-state index in [9.17, 15) is 4.79 Å². The highest BCUT2D eigenvalue weighted by Crippen LogP contribution is 2.34. The van der Waals surface area contributed by atoms with Crippen molar-refractivity contribution < 1.29 is 4.79 Å². The number of nitrogens with zero attached hydrogens (tertiary/aromatic N) is 2. The standard InChI is InChI=1S/C28H28N4OS/c33-27(29-22-14-15-22)26-16-23(34-28-30-24-8-4-5-9-25(24)31-28)18-32(26)17-19-10-12-21(13-11-19)20-6-2-1-3-7-20/h1-13,22-23,26H,14-18H2,(H,29,33)(H,30,31)/t23-,26-/m0/s1. The van der Waals surface area contributed by atoms with E-state index in [1.54, 1.807) is 11.8 Å². The van der Waals surface area contributed by atoms with Gasteiger partial charge < -0.3 is 10.3 Å². The second kappa shape index (κ2) is 9.28. The molecule has 1 saturated carbocycles. The minimum absolute atomic E-state index is 0.101. The normalized spacial score (nSPS) is 20.6. The molecule has 3 aromatic carbocycles. The van der Waals surface area contributed by atoms with Gasteiger partial charge in [0, 0.05) is 24.4 Å². The van der Waals surface area contributed by atoms with Crippen molar-refractivity contribution in [2.75, 3.05) is 6.54 Å². The van der Waals surface area contributed by atoms with Gasteiger partial charge in [-0.2, -0.15) is 0 Å². The number of nitrogens with one attached hydrogen (secondary N) is 2. The molecule has 4 aromatic rings. The van der Waals surface area contributed by atoms with E-state index >= 15 is 0 Å². The number of H-pyrrole nitrogens is 1. The maximum Gasteiger partial charge on any atom is 0.237 e. The lowest BCUT2D eigenvalue weighted by Crippen LogP contribution is -2.43. The first-order chi connectivity index (χ1) is 16.7. The summed E-state index contributed by atoms with van der Waals surface area (Å²) in [4.78, 5) is 23.6. The third kappa shape index (κ3) is 4.74. The summed E-state index contributed by atoms with van der Waals surface area (Å²) in [5.74, 6) is 0.177. The fourth-order valence-corrected chi connectivity index (χ4v) is 5.91. The van der Waals surface area contributed by atoms with Crippen LogP contribution in [0.1, 0.15) is 24.8 Å². The van der Waals surface area contributed by atoms with Crippen molar-refractivity contribution >= 4 is 28.7 Å². The van der Waals surface area contributed by atoms with Gasteiger partial charge in [0.2, 0.25) is 5.91 Å². The third-order valence-electron chi connectivity index (χ3n) is 6.68. The van der Waals surface area contributed by atoms with E-state index in [0.29, 0.717) is 11.3 Å². The highest BCUT2D eigenvalue weighted by atomic mass is 32.2. The number of fused-ring (bicyclic) bond motifs is 1. The number of carbonyl (C=O) groups excluding carboxylic acids is 1. The van der Waals surface area contributed by atoms with Crippen molar-refractivity contribution in [3.63, 3.8) is 0 Å². The van der Waals surface area contributed by atoms with Gasteiger partial charge in [-0.05, 0) is 48.1 Å². The highest BCUT2D eigenvalue weighted by molar-refractivity contribution is 7.99. The van der Waals surface area contributed by atoms with Gasteiger partial charge in [-0.25, -0.2) is 4.98 Å². The second-order valence-electron chi connectivity index (χ2n) is 9.33. The lowest BCUT2D eigenvalue weighted by Gasteiger charge is -2.23. The van der Waals surface area contributed by atoms with E-state index in [2.05, 4.69) is 69.8 Å². The summed E-state index contributed by atoms with van der Waals surface area (Å²) in [6.45, 7) is 1.64. The summed E-state index contributed by atoms with van der Waals surface area (Å²) < 4.78 is 0. The molecule has 0 spiro atoms. The van der Waals surface area contributed by atoms with Gasteiger partial charge in [0.05, 0.1) is 17.1 Å². The number of aromatic amines is 1. The monoisotopic (exact) mass is 468 g/mol. The minimum atomic E-state index is -0.101. The predicted octanol–water partition coefficient (Wildman–Crippen LogP) is 5.24. The molecule has 1 aliphatic carbocycles. The van der Waals surface area contributed by atoms with Crippen LogP contribution in [0.3, 0.4) is 0 Å². The average molecular weight is 469 g/mol. The lowest BCUT2D eigenvalue weighted by molar-refractivity contribution is -0.125. The first-order valence-corrected chi connectivity index (χ1v) is 12.9. The zero-order chi connectivity index (χ0) is 22.9. The molecule has 0 bridgehead atoms. The topological polar surface area (TPSA) is 61.0 Å². The van der Waals surface area contributed by atoms with Gasteiger partial charge in [0.25, 0.3) is 0 Å². The zero-order valence-corrected chi connectivity index (χ0v) is 19.8. The Morgan fingerprint density at radius 1 is 0.971 bits per heavy atom. The summed E-state index contributed by atoms with van der Waals surface area (Å²) in [6.07, 6.45) is 3.05. The van der Waals surface area contributed by atoms with Gasteiger partial charge in [0.1, 0.15) is 0 Å². The molecule has 6 rings (SSSR count). The van der Waals surface area contributed by atoms with Crippen LogP contribution in [0.5, 0.6) is 0 Å². The fourth-order valence-electron chi connectivity index (χ4n) is 4.73. The van der Waals surface area contributed by atoms with Crippen molar-refractivity contribution in [2.45, 2.75) is 48.3 Å². The van der Waals surface area contributed by atoms with Crippen molar-refractivity contribution in [1.82, 2.24) is 20.2 Å². The van der Waals surface area contributed by atoms with E-state index in [1.807, 2.05) is 24.3 Å². The molecule has 1 aromatic heterocycles. The molecule has 2 aliphatic rings. The molecule has 34 heavy (non-hydrogen) atoms. The molecule has 0 unspecified atom stereocenters. The summed E-state index contributed by atoms with van der Waals surface area (Å²) in [5.41, 5.74) is 5.72. The van der Waals surface area contributed by atoms with Crippen molar-refractivity contribution in [2.24, 2.45) is 0 Å². The molecule has 0 radical (unpaired) electrons. The molecular weight excluding hydrogens is 440 g/mol. The molecule has 6 heteroatoms. The Balaban J connectivity index is 1.18. The maximum absolute atomic E-state index is 13.1. The van der Waals surface area contributed by atoms with Crippen LogP contribution in [-0.2, 0) is 11.3 Å². The Kier molecular flexibility index (Phi) is 5.85. The van der Waals surface area contributed by atoms with Crippen molar-refractivity contribution in [1.29, 1.82) is 0 Å². The average Bonchev–Trinajstić information content (AvgIpc) is 3.44. The van der Waals surface area contributed by atoms with Crippen LogP contribution in [0.2, 0.25) is 0 Å². The van der Waals surface area contributed by atoms with E-state index in [-0.39, 0.29) is 11.9 Å². The number of para-hydroxylation sites is 2. The number of aromatic nitrogens is 2. The Morgan fingerprint density at radius 3 is 2.47 bits per heavy atom. The zero-order valence-electron chi connectivity index (χ0n) is 19.0. The van der Waals surface area contributed by atoms with E-state index < -0.39 is 0 Å². The fraction of sp³-hybridized carbons (Fsp3) is 0.286. The predicted molar refractivity (Wildman–Crippen MR) is 138 cm³/mol. The molecule has 5 nitrogen and oxygen atoms in total. The molecule has 2 N–H and O–H groups in total. The number of benzene rings is 3. The number of thioether (sulfide) groups is 1. The summed E-state index contributed by atoms with van der Waals surface area (Å²) in [7, 11) is 0. The molecule has 2 atom stereocenters. The summed E-state index contributed by atoms with van der Waals surface area (Å²) >= 11 is 1.76. The maximum atomic E-state index is 13.1. The first-order valence-electron chi connectivity index (χ1n) is 12.0. The smallest absolute Gasteiger partial charge is 0.237 e. The van der Waals surface area contributed by atoms with Crippen LogP contribution in [0.15, 0.2) is 84.0 Å². The van der Waals surface area contributed by atoms with Crippen molar-refractivity contribution in [3.05, 3.63) is 84.4 Å². The van der Waals surface area contributed by atoms with Crippen LogP contribution >= 0.6 is 11.8 Å². The van der Waals surface area contributed by atoms with Crippen LogP contribution in [0.25, 0.3) is 22.2 Å². The first kappa shape index (κ1) is 21.4. The van der Waals surface area contributed by atoms with Crippen LogP contribution in [0, 0.1) is 0 Å². The minimum Gasteiger partial charge on any atom is -0.352 e. The van der Waals surface area contributed by atoms with Crippen LogP contribution in [-0.4, -0.2) is 44.7 Å². The van der Waals surface area contributed by atoms with Crippen LogP contribution < -0.4 is 5.32 Å². The quantitative estimate of drug-likeness (QED) is 0.389. The second-order valence-corrected chi connectivity index (χ2v) is 10.6. The lowest BCUT2D eigenvalue weighted by atomic mass is 10.0. The Morgan fingerprint density at radius 2 is 1.71 bits per heavy atom. The number of rotatable bonds is 7. The van der Waals surface area contributed by atoms with Crippen LogP contribution in [0.4, 0.5) is 0 Å². The number of carbonyl (C=O) groups is 1. The molecule has 1 aliphatic heterocycles. The number of imidazole rings is 1. The van der Waals surface area contributed by atoms with E-state index in [1.165, 1.54) is 16.7 Å². The molecule has 2 fully saturated rings. The molecule has 172 valence electrons. The van der Waals surface area contributed by atoms with Gasteiger partial charge in [-0.1, -0.05) is 78.5 Å². The van der Waals surface area contributed by atoms with E-state index in [4.69, 9.17) is 4.98 Å². The Hall–Kier alpha value is -3.09. The van der Waals surface area contributed by atoms with Gasteiger partial charge >= 0.3 is 0 Å². The van der Waals surface area contributed by atoms with Gasteiger partial charge in [0.15, 0.2) is 5.16 Å². The molecule has 2 heterocycles. The number of amides is 1. The molecule has 1 saturated heterocycles.